The minimum atomic E-state index is 0. The molecule has 0 amide bonds. The van der Waals surface area contributed by atoms with Crippen molar-refractivity contribution in [3.05, 3.63) is 189 Å². The smallest absolute Gasteiger partial charge is 0.285 e. The first-order valence-electron chi connectivity index (χ1n) is 31.1. The SMILES string of the molecule is CCOCC.CCc1cc(C2C=CN(C)C=N2)c(CC)s1.CCc1cc(C2C=CN(C)C=N2)c(CC)s1.CCc1cc(C2C=CN=CN2C)c(CC)s1.CCc1cc(C2C=CN=CN2C)c(CC)s1.CCc1ccc(CC)s1.CI.C[n+]1cccnc1.Cl.Cl.[CH3-].[I-].[W]. The molecule has 4 aliphatic heterocycles. The van der Waals surface area contributed by atoms with Crippen molar-refractivity contribution in [1.82, 2.24) is 24.6 Å². The molecule has 6 aromatic heterocycles. The number of likely N-dealkylation sites (N-methyl/N-ethyl adjacent to an activating group) is 2. The normalized spacial score (nSPS) is 15.7. The van der Waals surface area contributed by atoms with Crippen LogP contribution < -0.4 is 28.5 Å². The molecule has 4 aliphatic rings. The van der Waals surface area contributed by atoms with Gasteiger partial charge in [-0.2, -0.15) is 0 Å². The van der Waals surface area contributed by atoms with Gasteiger partial charge in [0.2, 0.25) is 0 Å². The van der Waals surface area contributed by atoms with Gasteiger partial charge in [-0.1, -0.05) is 96.8 Å². The Labute approximate surface area is 635 Å². The number of ether oxygens (including phenoxy) is 1. The molecule has 6 aromatic rings. The van der Waals surface area contributed by atoms with Gasteiger partial charge in [0.1, 0.15) is 6.20 Å². The van der Waals surface area contributed by atoms with Gasteiger partial charge in [-0.25, -0.2) is 14.6 Å². The molecule has 0 saturated carbocycles. The molecule has 0 spiro atoms. The van der Waals surface area contributed by atoms with Crippen molar-refractivity contribution >= 4 is 129 Å². The number of aromatic nitrogens is 2. The molecule has 514 valence electrons. The van der Waals surface area contributed by atoms with Gasteiger partial charge in [0, 0.05) is 142 Å². The van der Waals surface area contributed by atoms with E-state index in [2.05, 4.69) is 214 Å². The van der Waals surface area contributed by atoms with Gasteiger partial charge in [0.15, 0.2) is 0 Å². The monoisotopic (exact) mass is 1790 g/mol. The van der Waals surface area contributed by atoms with Crippen LogP contribution in [-0.4, -0.2) is 96.3 Å². The number of hydrogen-bond donors (Lipinski definition) is 0. The van der Waals surface area contributed by atoms with Crippen LogP contribution in [0, 0.1) is 7.43 Å². The standard InChI is InChI=1S/4C13H18N2S.C8H12S.C5H7N2.C4H10O.CH3I.CH3.2ClH.HI.W/c2*1-4-10-8-11(13(5-2)16-10)12-6-7-15(3)9-14-12;2*1-4-10-8-11(13(5-2)16-10)12-6-7-14-9-15(12)3;1-3-7-5-6-8(4-2)9-7;1-7-4-2-3-6-5-7;1-3-5-4-2;1-2;;;;;/h4*6-9,12H,4-5H2,1-3H3;5-6H,3-4H2,1-2H3;2-5H,1H3;3-4H2,1-2H3;1H3;1H3;3*1H;/q;;;;;+1;;;-1;;;;/p-1. The average Bonchev–Trinajstić information content (AvgIpc) is 1.83. The molecular weight excluding hydrogens is 1680 g/mol. The van der Waals surface area contributed by atoms with E-state index in [0.717, 1.165) is 64.6 Å². The van der Waals surface area contributed by atoms with Crippen LogP contribution in [0.4, 0.5) is 0 Å². The zero-order valence-electron chi connectivity index (χ0n) is 58.4. The summed E-state index contributed by atoms with van der Waals surface area (Å²) >= 11 is 11.8. The van der Waals surface area contributed by atoms with Crippen molar-refractivity contribution in [2.45, 2.75) is 171 Å². The third-order valence-corrected chi connectivity index (χ3v) is 21.1. The van der Waals surface area contributed by atoms with Crippen molar-refractivity contribution in [3.8, 4) is 0 Å². The molecule has 21 heteroatoms. The molecule has 0 radical (unpaired) electrons. The van der Waals surface area contributed by atoms with Crippen LogP contribution in [0.15, 0.2) is 130 Å². The Hall–Kier alpha value is -2.89. The van der Waals surface area contributed by atoms with Crippen LogP contribution >= 0.6 is 104 Å². The zero-order valence-corrected chi connectivity index (χ0v) is 71.4. The van der Waals surface area contributed by atoms with E-state index < -0.39 is 0 Å². The Morgan fingerprint density at radius 3 is 1.04 bits per heavy atom. The second-order valence-corrected chi connectivity index (χ2v) is 26.5. The first-order chi connectivity index (χ1) is 42.2. The van der Waals surface area contributed by atoms with Crippen molar-refractivity contribution in [2.75, 3.05) is 46.3 Å². The molecule has 0 bridgehead atoms. The maximum atomic E-state index is 4.83. The van der Waals surface area contributed by atoms with Gasteiger partial charge in [-0.3, -0.25) is 9.98 Å². The fourth-order valence-corrected chi connectivity index (χ4v) is 14.4. The fraction of sp³-hybridized carbons (Fsp3) is 0.479. The Morgan fingerprint density at radius 1 is 0.478 bits per heavy atom. The molecular formula is C71H109Cl2I2N10OS5W-. The number of halogens is 4. The van der Waals surface area contributed by atoms with Gasteiger partial charge in [-0.05, 0) is 166 Å². The van der Waals surface area contributed by atoms with Crippen LogP contribution in [-0.2, 0) is 97.1 Å². The molecule has 10 heterocycles. The summed E-state index contributed by atoms with van der Waals surface area (Å²) in [5.41, 5.74) is 5.69. The van der Waals surface area contributed by atoms with E-state index >= 15 is 0 Å². The van der Waals surface area contributed by atoms with Crippen molar-refractivity contribution in [1.29, 1.82) is 0 Å². The summed E-state index contributed by atoms with van der Waals surface area (Å²) in [7, 11) is 10.1. The molecule has 4 unspecified atom stereocenters. The van der Waals surface area contributed by atoms with Crippen molar-refractivity contribution in [2.24, 2.45) is 27.0 Å². The van der Waals surface area contributed by atoms with Crippen LogP contribution in [0.1, 0.15) is 178 Å². The Balaban J connectivity index is -0.00000102. The van der Waals surface area contributed by atoms with E-state index in [1.54, 1.807) is 12.5 Å². The molecule has 0 aromatic carbocycles. The molecule has 0 aliphatic carbocycles. The summed E-state index contributed by atoms with van der Waals surface area (Å²) in [4.78, 5) is 46.4. The van der Waals surface area contributed by atoms with Gasteiger partial charge < -0.3 is 55.7 Å². The molecule has 4 atom stereocenters. The number of rotatable bonds is 16. The predicted molar refractivity (Wildman–Crippen MR) is 416 cm³/mol. The predicted octanol–water partition coefficient (Wildman–Crippen LogP) is 16.8. The fourth-order valence-electron chi connectivity index (χ4n) is 9.16. The Bertz CT molecular complexity index is 2890. The molecule has 92 heavy (non-hydrogen) atoms. The first kappa shape index (κ1) is 93.3. The number of nitrogens with zero attached hydrogens (tertiary/aromatic N) is 10. The molecule has 0 fully saturated rings. The minimum absolute atomic E-state index is 0. The Morgan fingerprint density at radius 2 is 0.815 bits per heavy atom. The van der Waals surface area contributed by atoms with E-state index in [1.807, 2.05) is 161 Å². The Kier molecular flexibility index (Phi) is 54.9. The van der Waals surface area contributed by atoms with Crippen LogP contribution in [0.3, 0.4) is 0 Å². The number of aryl methyl sites for hydroxylation is 11. The summed E-state index contributed by atoms with van der Waals surface area (Å²) in [6.07, 6.45) is 41.0. The second-order valence-electron chi connectivity index (χ2n) is 20.3. The second kappa shape index (κ2) is 54.2. The van der Waals surface area contributed by atoms with Crippen molar-refractivity contribution < 1.29 is 54.3 Å². The summed E-state index contributed by atoms with van der Waals surface area (Å²) in [5, 5.41) is 0. The van der Waals surface area contributed by atoms with Gasteiger partial charge in [0.25, 0.3) is 6.33 Å². The first-order valence-corrected chi connectivity index (χ1v) is 37.4. The topological polar surface area (TPSA) is 88.4 Å². The third-order valence-electron chi connectivity index (χ3n) is 14.0. The largest absolute Gasteiger partial charge is 1.00 e. The number of aliphatic imine (C=N–C) groups is 4. The van der Waals surface area contributed by atoms with Crippen LogP contribution in [0.2, 0.25) is 0 Å². The van der Waals surface area contributed by atoms with Gasteiger partial charge >= 0.3 is 0 Å². The van der Waals surface area contributed by atoms with E-state index in [9.17, 15) is 0 Å². The quantitative estimate of drug-likeness (QED) is 0.0415. The average molecular weight is 1790 g/mol. The molecule has 10 rings (SSSR count). The third kappa shape index (κ3) is 32.0. The number of thiophene rings is 5. The van der Waals surface area contributed by atoms with E-state index in [1.165, 1.54) is 83.9 Å². The van der Waals surface area contributed by atoms with Crippen LogP contribution in [0.5, 0.6) is 0 Å². The van der Waals surface area contributed by atoms with Crippen LogP contribution in [0.25, 0.3) is 0 Å². The van der Waals surface area contributed by atoms with E-state index in [-0.39, 0.29) is 89.4 Å². The minimum Gasteiger partial charge on any atom is -1.00 e. The molecule has 0 saturated heterocycles. The van der Waals surface area contributed by atoms with E-state index in [4.69, 9.17) is 4.74 Å². The molecule has 0 N–H and O–H groups in total. The summed E-state index contributed by atoms with van der Waals surface area (Å²) in [5.74, 6) is 0. The van der Waals surface area contributed by atoms with Gasteiger partial charge in [-0.15, -0.1) is 81.5 Å². The van der Waals surface area contributed by atoms with E-state index in [0.29, 0.717) is 12.1 Å². The maximum Gasteiger partial charge on any atom is 0.285 e. The summed E-state index contributed by atoms with van der Waals surface area (Å²) in [6.45, 7) is 27.8. The summed E-state index contributed by atoms with van der Waals surface area (Å²) < 4.78 is 6.72. The number of hydrogen-bond acceptors (Lipinski definition) is 15. The summed E-state index contributed by atoms with van der Waals surface area (Å²) in [6, 6.07) is 16.9. The maximum absolute atomic E-state index is 4.83. The van der Waals surface area contributed by atoms with Gasteiger partial charge in [0.05, 0.1) is 62.8 Å². The molecule has 11 nitrogen and oxygen atoms in total. The zero-order chi connectivity index (χ0) is 64.1. The van der Waals surface area contributed by atoms with Crippen molar-refractivity contribution in [3.63, 3.8) is 0 Å². The number of alkyl halides is 1.